The number of rotatable bonds is 4. The van der Waals surface area contributed by atoms with Crippen LogP contribution in [0.4, 0.5) is 20.6 Å². The fraction of sp³-hybridized carbons (Fsp3) is 0.500. The summed E-state index contributed by atoms with van der Waals surface area (Å²) in [6.45, 7) is 0.920. The Bertz CT molecular complexity index is 610. The Morgan fingerprint density at radius 2 is 2.22 bits per heavy atom. The van der Waals surface area contributed by atoms with Crippen molar-refractivity contribution in [2.45, 2.75) is 18.9 Å². The SMILES string of the molecule is COC(=O)N1CCCC(Nc2cc(OC)c(F)cc2[N+](=O)[O-])C1. The summed E-state index contributed by atoms with van der Waals surface area (Å²) in [5.74, 6) is -0.886. The Labute approximate surface area is 132 Å². The molecule has 1 saturated heterocycles. The maximum absolute atomic E-state index is 13.7. The number of nitro groups is 1. The monoisotopic (exact) mass is 327 g/mol. The van der Waals surface area contributed by atoms with Crippen LogP contribution in [0.3, 0.4) is 0 Å². The number of halogens is 1. The molecular formula is C14H18FN3O5. The lowest BCUT2D eigenvalue weighted by molar-refractivity contribution is -0.384. The predicted octanol–water partition coefficient (Wildman–Crippen LogP) is 2.39. The molecule has 23 heavy (non-hydrogen) atoms. The third-order valence-electron chi connectivity index (χ3n) is 3.68. The van der Waals surface area contributed by atoms with E-state index >= 15 is 0 Å². The summed E-state index contributed by atoms with van der Waals surface area (Å²) in [7, 11) is 2.59. The Balaban J connectivity index is 2.21. The highest BCUT2D eigenvalue weighted by atomic mass is 19.1. The van der Waals surface area contributed by atoms with Gasteiger partial charge in [0.1, 0.15) is 5.69 Å². The van der Waals surface area contributed by atoms with Crippen LogP contribution < -0.4 is 10.1 Å². The van der Waals surface area contributed by atoms with Crippen LogP contribution in [-0.4, -0.2) is 49.3 Å². The molecule has 1 amide bonds. The van der Waals surface area contributed by atoms with Crippen LogP contribution in [0.1, 0.15) is 12.8 Å². The van der Waals surface area contributed by atoms with Crippen LogP contribution in [0.5, 0.6) is 5.75 Å². The van der Waals surface area contributed by atoms with Crippen molar-refractivity contribution in [3.63, 3.8) is 0 Å². The van der Waals surface area contributed by atoms with Crippen molar-refractivity contribution in [3.05, 3.63) is 28.1 Å². The number of hydrogen-bond donors (Lipinski definition) is 1. The Morgan fingerprint density at radius 3 is 2.83 bits per heavy atom. The van der Waals surface area contributed by atoms with Crippen molar-refractivity contribution in [1.82, 2.24) is 4.90 Å². The van der Waals surface area contributed by atoms with Crippen molar-refractivity contribution >= 4 is 17.5 Å². The molecule has 0 radical (unpaired) electrons. The summed E-state index contributed by atoms with van der Waals surface area (Å²) in [6, 6.07) is 1.88. The van der Waals surface area contributed by atoms with Crippen LogP contribution >= 0.6 is 0 Å². The van der Waals surface area contributed by atoms with E-state index in [4.69, 9.17) is 4.74 Å². The molecule has 0 aromatic heterocycles. The number of methoxy groups -OCH3 is 2. The van der Waals surface area contributed by atoms with Gasteiger partial charge < -0.3 is 19.7 Å². The Hall–Kier alpha value is -2.58. The molecule has 1 aliphatic rings. The first kappa shape index (κ1) is 16.8. The molecule has 1 atom stereocenters. The highest BCUT2D eigenvalue weighted by Crippen LogP contribution is 2.33. The van der Waals surface area contributed by atoms with Crippen LogP contribution in [0.25, 0.3) is 0 Å². The number of benzene rings is 1. The number of likely N-dealkylation sites (tertiary alicyclic amines) is 1. The summed E-state index contributed by atoms with van der Waals surface area (Å²) in [5, 5.41) is 14.1. The topological polar surface area (TPSA) is 93.9 Å². The second-order valence-corrected chi connectivity index (χ2v) is 5.16. The maximum Gasteiger partial charge on any atom is 0.409 e. The minimum Gasteiger partial charge on any atom is -0.494 e. The first-order chi connectivity index (χ1) is 11.0. The summed E-state index contributed by atoms with van der Waals surface area (Å²) >= 11 is 0. The molecule has 0 spiro atoms. The molecule has 0 aliphatic carbocycles. The number of hydrogen-bond acceptors (Lipinski definition) is 6. The third kappa shape index (κ3) is 3.79. The van der Waals surface area contributed by atoms with E-state index in [0.29, 0.717) is 13.1 Å². The van der Waals surface area contributed by atoms with Gasteiger partial charge in [0.2, 0.25) is 0 Å². The number of ether oxygens (including phenoxy) is 2. The van der Waals surface area contributed by atoms with Crippen molar-refractivity contribution in [2.75, 3.05) is 32.6 Å². The van der Waals surface area contributed by atoms with Gasteiger partial charge >= 0.3 is 6.09 Å². The molecule has 0 bridgehead atoms. The summed E-state index contributed by atoms with van der Waals surface area (Å²) < 4.78 is 23.2. The van der Waals surface area contributed by atoms with Gasteiger partial charge in [0.15, 0.2) is 11.6 Å². The fourth-order valence-corrected chi connectivity index (χ4v) is 2.58. The minimum absolute atomic E-state index is 0.0845. The highest BCUT2D eigenvalue weighted by molar-refractivity contribution is 5.68. The Morgan fingerprint density at radius 1 is 1.48 bits per heavy atom. The van der Waals surface area contributed by atoms with Gasteiger partial charge in [-0.15, -0.1) is 0 Å². The molecule has 126 valence electrons. The van der Waals surface area contributed by atoms with E-state index in [-0.39, 0.29) is 23.2 Å². The standard InChI is InChI=1S/C14H18FN3O5/c1-22-13-7-11(12(18(20)21)6-10(13)15)16-9-4-3-5-17(8-9)14(19)23-2/h6-7,9,16H,3-5,8H2,1-2H3. The molecule has 2 rings (SSSR count). The fourth-order valence-electron chi connectivity index (χ4n) is 2.58. The molecule has 9 heteroatoms. The van der Waals surface area contributed by atoms with Gasteiger partial charge in [0.25, 0.3) is 5.69 Å². The van der Waals surface area contributed by atoms with Gasteiger partial charge in [-0.25, -0.2) is 9.18 Å². The second kappa shape index (κ2) is 7.12. The van der Waals surface area contributed by atoms with Crippen LogP contribution in [0.15, 0.2) is 12.1 Å². The largest absolute Gasteiger partial charge is 0.494 e. The number of nitro benzene ring substituents is 1. The number of nitrogens with zero attached hydrogens (tertiary/aromatic N) is 2. The normalized spacial score (nSPS) is 17.5. The van der Waals surface area contributed by atoms with Gasteiger partial charge in [0.05, 0.1) is 25.2 Å². The first-order valence-electron chi connectivity index (χ1n) is 7.07. The van der Waals surface area contributed by atoms with Crippen molar-refractivity contribution < 1.29 is 23.6 Å². The van der Waals surface area contributed by atoms with Gasteiger partial charge in [-0.2, -0.15) is 0 Å². The summed E-state index contributed by atoms with van der Waals surface area (Å²) in [6.07, 6.45) is 1.02. The van der Waals surface area contributed by atoms with E-state index < -0.39 is 16.8 Å². The molecule has 1 aromatic carbocycles. The molecular weight excluding hydrogens is 309 g/mol. The predicted molar refractivity (Wildman–Crippen MR) is 80.2 cm³/mol. The zero-order chi connectivity index (χ0) is 17.0. The van der Waals surface area contributed by atoms with Crippen molar-refractivity contribution in [1.29, 1.82) is 0 Å². The smallest absolute Gasteiger partial charge is 0.409 e. The molecule has 1 N–H and O–H groups in total. The number of anilines is 1. The lowest BCUT2D eigenvalue weighted by Crippen LogP contribution is -2.45. The summed E-state index contributed by atoms with van der Waals surface area (Å²) in [5.41, 5.74) is -0.219. The third-order valence-corrected chi connectivity index (χ3v) is 3.68. The van der Waals surface area contributed by atoms with E-state index in [9.17, 15) is 19.3 Å². The Kier molecular flexibility index (Phi) is 5.20. The lowest BCUT2D eigenvalue weighted by atomic mass is 10.1. The average Bonchev–Trinajstić information content (AvgIpc) is 2.55. The zero-order valence-electron chi connectivity index (χ0n) is 12.9. The zero-order valence-corrected chi connectivity index (χ0v) is 12.9. The molecule has 0 saturated carbocycles. The van der Waals surface area contributed by atoms with Gasteiger partial charge in [-0.05, 0) is 12.8 Å². The van der Waals surface area contributed by atoms with Crippen LogP contribution in [-0.2, 0) is 4.74 Å². The summed E-state index contributed by atoms with van der Waals surface area (Å²) in [4.78, 5) is 23.6. The van der Waals surface area contributed by atoms with E-state index in [1.54, 1.807) is 0 Å². The molecule has 1 aromatic rings. The number of carbonyl (C=O) groups excluding carboxylic acids is 1. The molecule has 8 nitrogen and oxygen atoms in total. The lowest BCUT2D eigenvalue weighted by Gasteiger charge is -2.32. The quantitative estimate of drug-likeness (QED) is 0.674. The van der Waals surface area contributed by atoms with Gasteiger partial charge in [0, 0.05) is 25.2 Å². The van der Waals surface area contributed by atoms with Gasteiger partial charge in [-0.3, -0.25) is 10.1 Å². The second-order valence-electron chi connectivity index (χ2n) is 5.16. The average molecular weight is 327 g/mol. The van der Waals surface area contributed by atoms with Crippen LogP contribution in [0, 0.1) is 15.9 Å². The first-order valence-corrected chi connectivity index (χ1v) is 7.07. The van der Waals surface area contributed by atoms with Crippen molar-refractivity contribution in [3.8, 4) is 5.75 Å². The molecule has 1 heterocycles. The van der Waals surface area contributed by atoms with Crippen LogP contribution in [0.2, 0.25) is 0 Å². The minimum atomic E-state index is -0.801. The maximum atomic E-state index is 13.7. The number of nitrogens with one attached hydrogen (secondary N) is 1. The van der Waals surface area contributed by atoms with E-state index in [0.717, 1.165) is 18.9 Å². The number of piperidine rings is 1. The van der Waals surface area contributed by atoms with E-state index in [2.05, 4.69) is 10.1 Å². The molecule has 1 unspecified atom stereocenters. The highest BCUT2D eigenvalue weighted by Gasteiger charge is 2.27. The number of carbonyl (C=O) groups is 1. The number of amides is 1. The molecule has 1 aliphatic heterocycles. The molecule has 1 fully saturated rings. The van der Waals surface area contributed by atoms with Crippen molar-refractivity contribution in [2.24, 2.45) is 0 Å². The van der Waals surface area contributed by atoms with E-state index in [1.165, 1.54) is 25.2 Å². The van der Waals surface area contributed by atoms with E-state index in [1.807, 2.05) is 0 Å². The van der Waals surface area contributed by atoms with Gasteiger partial charge in [-0.1, -0.05) is 0 Å².